The maximum absolute atomic E-state index is 11.4. The third-order valence-electron chi connectivity index (χ3n) is 2.21. The summed E-state index contributed by atoms with van der Waals surface area (Å²) in [5.74, 6) is -1.08. The highest BCUT2D eigenvalue weighted by Gasteiger charge is 2.26. The van der Waals surface area contributed by atoms with Gasteiger partial charge in [0.1, 0.15) is 5.69 Å². The van der Waals surface area contributed by atoms with E-state index in [1.807, 2.05) is 0 Å². The van der Waals surface area contributed by atoms with E-state index in [2.05, 4.69) is 5.32 Å². The molecule has 10 heteroatoms. The Balaban J connectivity index is 3.59. The fourth-order valence-corrected chi connectivity index (χ4v) is 1.46. The summed E-state index contributed by atoms with van der Waals surface area (Å²) in [7, 11) is 0. The van der Waals surface area contributed by atoms with Crippen LogP contribution in [0.3, 0.4) is 0 Å². The maximum atomic E-state index is 11.4. The zero-order valence-electron chi connectivity index (χ0n) is 9.74. The molecule has 0 aromatic heterocycles. The van der Waals surface area contributed by atoms with Gasteiger partial charge < -0.3 is 5.32 Å². The monoisotopic (exact) mass is 270 g/mol. The molecule has 0 aliphatic carbocycles. The van der Waals surface area contributed by atoms with E-state index in [0.717, 1.165) is 12.1 Å². The molecule has 0 saturated heterocycles. The number of anilines is 1. The number of carbonyl (C=O) groups is 1. The van der Waals surface area contributed by atoms with Crippen LogP contribution in [0.25, 0.3) is 0 Å². The van der Waals surface area contributed by atoms with Crippen LogP contribution < -0.4 is 10.8 Å². The van der Waals surface area contributed by atoms with Gasteiger partial charge in [0.05, 0.1) is 21.5 Å². The minimum absolute atomic E-state index is 0.190. The van der Waals surface area contributed by atoms with E-state index < -0.39 is 27.1 Å². The van der Waals surface area contributed by atoms with Gasteiger partial charge in [-0.2, -0.15) is 0 Å². The van der Waals surface area contributed by atoms with Crippen LogP contribution in [0.2, 0.25) is 0 Å². The topological polar surface area (TPSA) is 148 Å². The Morgan fingerprint density at radius 3 is 2.37 bits per heavy atom. The molecule has 0 saturated carbocycles. The highest BCUT2D eigenvalue weighted by Crippen LogP contribution is 2.33. The Morgan fingerprint density at radius 2 is 1.95 bits per heavy atom. The number of hydrogen-bond acceptors (Lipinski definition) is 7. The van der Waals surface area contributed by atoms with Crippen molar-refractivity contribution in [2.24, 2.45) is 0 Å². The number of amides is 1. The van der Waals surface area contributed by atoms with E-state index in [-0.39, 0.29) is 17.8 Å². The van der Waals surface area contributed by atoms with Crippen LogP contribution in [0.5, 0.6) is 0 Å². The summed E-state index contributed by atoms with van der Waals surface area (Å²) in [6.07, 6.45) is 0. The lowest BCUT2D eigenvalue weighted by Gasteiger charge is -2.09. The Bertz CT molecular complexity index is 544. The van der Waals surface area contributed by atoms with E-state index in [4.69, 9.17) is 5.21 Å². The van der Waals surface area contributed by atoms with E-state index in [1.54, 1.807) is 6.92 Å². The molecule has 0 radical (unpaired) electrons. The minimum atomic E-state index is -1.08. The van der Waals surface area contributed by atoms with Crippen molar-refractivity contribution in [1.29, 1.82) is 0 Å². The molecule has 0 aliphatic rings. The van der Waals surface area contributed by atoms with Crippen LogP contribution in [0, 0.1) is 20.2 Å². The number of benzene rings is 1. The van der Waals surface area contributed by atoms with Crippen molar-refractivity contribution >= 4 is 23.0 Å². The number of non-ortho nitro benzene ring substituents is 1. The van der Waals surface area contributed by atoms with Gasteiger partial charge >= 0.3 is 0 Å². The molecule has 0 unspecified atom stereocenters. The van der Waals surface area contributed by atoms with Crippen molar-refractivity contribution in [3.8, 4) is 0 Å². The molecule has 0 atom stereocenters. The Hall–Kier alpha value is -2.75. The normalized spacial score (nSPS) is 9.79. The Labute approximate surface area is 106 Å². The second-order valence-corrected chi connectivity index (χ2v) is 3.37. The van der Waals surface area contributed by atoms with E-state index >= 15 is 0 Å². The van der Waals surface area contributed by atoms with Crippen molar-refractivity contribution < 1.29 is 19.8 Å². The van der Waals surface area contributed by atoms with Crippen molar-refractivity contribution in [3.05, 3.63) is 37.9 Å². The SMILES string of the molecule is CCNc1c(C(=O)NO)cc([N+](=O)[O-])cc1[N+](=O)[O-]. The first-order valence-electron chi connectivity index (χ1n) is 5.07. The standard InChI is InChI=1S/C9H10N4O6/c1-2-10-8-6(9(14)11-15)3-5(12(16)17)4-7(8)13(18)19/h3-4,10,15H,2H2,1H3,(H,11,14). The summed E-state index contributed by atoms with van der Waals surface area (Å²) in [6.45, 7) is 1.89. The summed E-state index contributed by atoms with van der Waals surface area (Å²) in [5.41, 5.74) is -0.521. The van der Waals surface area contributed by atoms with Crippen molar-refractivity contribution in [1.82, 2.24) is 5.48 Å². The average molecular weight is 270 g/mol. The quantitative estimate of drug-likeness (QED) is 0.411. The van der Waals surface area contributed by atoms with Crippen LogP contribution in [0.15, 0.2) is 12.1 Å². The molecule has 19 heavy (non-hydrogen) atoms. The fourth-order valence-electron chi connectivity index (χ4n) is 1.46. The molecule has 1 aromatic rings. The first-order chi connectivity index (χ1) is 8.92. The predicted molar refractivity (Wildman–Crippen MR) is 63.2 cm³/mol. The van der Waals surface area contributed by atoms with Gasteiger partial charge in [-0.05, 0) is 6.92 Å². The van der Waals surface area contributed by atoms with Crippen molar-refractivity contribution in [2.45, 2.75) is 6.92 Å². The average Bonchev–Trinajstić information content (AvgIpc) is 2.37. The number of nitro groups is 2. The largest absolute Gasteiger partial charge is 0.379 e. The fraction of sp³-hybridized carbons (Fsp3) is 0.222. The number of hydrogen-bond donors (Lipinski definition) is 3. The molecule has 0 aliphatic heterocycles. The van der Waals surface area contributed by atoms with Gasteiger partial charge in [0, 0.05) is 12.6 Å². The molecule has 0 heterocycles. The maximum Gasteiger partial charge on any atom is 0.300 e. The first-order valence-corrected chi connectivity index (χ1v) is 5.07. The molecule has 10 nitrogen and oxygen atoms in total. The van der Waals surface area contributed by atoms with E-state index in [9.17, 15) is 25.0 Å². The van der Waals surface area contributed by atoms with E-state index in [1.165, 1.54) is 5.48 Å². The van der Waals surface area contributed by atoms with Crippen LogP contribution >= 0.6 is 0 Å². The third kappa shape index (κ3) is 2.93. The van der Waals surface area contributed by atoms with Crippen LogP contribution in [0.4, 0.5) is 17.1 Å². The van der Waals surface area contributed by atoms with E-state index in [0.29, 0.717) is 0 Å². The lowest BCUT2D eigenvalue weighted by molar-refractivity contribution is -0.393. The molecule has 1 amide bonds. The Kier molecular flexibility index (Phi) is 4.32. The molecular formula is C9H10N4O6. The summed E-state index contributed by atoms with van der Waals surface area (Å²) < 4.78 is 0. The highest BCUT2D eigenvalue weighted by atomic mass is 16.6. The first kappa shape index (κ1) is 14.3. The minimum Gasteiger partial charge on any atom is -0.379 e. The van der Waals surface area contributed by atoms with Gasteiger partial charge in [0.25, 0.3) is 17.3 Å². The number of carbonyl (C=O) groups excluding carboxylic acids is 1. The van der Waals surface area contributed by atoms with Gasteiger partial charge in [0.2, 0.25) is 0 Å². The summed E-state index contributed by atoms with van der Waals surface area (Å²) in [6, 6.07) is 1.59. The second-order valence-electron chi connectivity index (χ2n) is 3.37. The number of nitro benzene ring substituents is 2. The molecule has 1 rings (SSSR count). The number of hydroxylamine groups is 1. The predicted octanol–water partition coefficient (Wildman–Crippen LogP) is 1.05. The van der Waals surface area contributed by atoms with Gasteiger partial charge in [-0.15, -0.1) is 0 Å². The lowest BCUT2D eigenvalue weighted by Crippen LogP contribution is -2.21. The third-order valence-corrected chi connectivity index (χ3v) is 2.21. The summed E-state index contributed by atoms with van der Waals surface area (Å²) >= 11 is 0. The smallest absolute Gasteiger partial charge is 0.300 e. The molecule has 102 valence electrons. The summed E-state index contributed by atoms with van der Waals surface area (Å²) in [5, 5.41) is 32.7. The second kappa shape index (κ2) is 5.73. The van der Waals surface area contributed by atoms with Gasteiger partial charge in [-0.3, -0.25) is 30.2 Å². The molecule has 3 N–H and O–H groups in total. The number of rotatable bonds is 5. The zero-order chi connectivity index (χ0) is 14.6. The van der Waals surface area contributed by atoms with Gasteiger partial charge in [-0.1, -0.05) is 0 Å². The lowest BCUT2D eigenvalue weighted by atomic mass is 10.1. The molecular weight excluding hydrogens is 260 g/mol. The number of nitrogens with zero attached hydrogens (tertiary/aromatic N) is 2. The van der Waals surface area contributed by atoms with Gasteiger partial charge in [0.15, 0.2) is 0 Å². The highest BCUT2D eigenvalue weighted by molar-refractivity contribution is 6.02. The molecule has 0 spiro atoms. The molecule has 0 fully saturated rings. The van der Waals surface area contributed by atoms with Crippen LogP contribution in [-0.4, -0.2) is 27.5 Å². The zero-order valence-corrected chi connectivity index (χ0v) is 9.74. The summed E-state index contributed by atoms with van der Waals surface area (Å²) in [4.78, 5) is 31.3. The molecule has 1 aromatic carbocycles. The van der Waals surface area contributed by atoms with Gasteiger partial charge in [-0.25, -0.2) is 5.48 Å². The van der Waals surface area contributed by atoms with Crippen LogP contribution in [-0.2, 0) is 0 Å². The molecule has 0 bridgehead atoms. The Morgan fingerprint density at radius 1 is 1.32 bits per heavy atom. The van der Waals surface area contributed by atoms with Crippen molar-refractivity contribution in [3.63, 3.8) is 0 Å². The van der Waals surface area contributed by atoms with Crippen LogP contribution in [0.1, 0.15) is 17.3 Å². The van der Waals surface area contributed by atoms with Crippen molar-refractivity contribution in [2.75, 3.05) is 11.9 Å². The number of nitrogens with one attached hydrogen (secondary N) is 2.